The number of ether oxygens (including phenoxy) is 2. The summed E-state index contributed by atoms with van der Waals surface area (Å²) in [6.07, 6.45) is 1.72. The molecular formula is C13H22N2O5. The second-order valence-electron chi connectivity index (χ2n) is 5.19. The quantitative estimate of drug-likeness (QED) is 0.705. The third-order valence-electron chi connectivity index (χ3n) is 3.64. The first-order chi connectivity index (χ1) is 9.65. The Hall–Kier alpha value is -1.18. The molecule has 1 atom stereocenters. The van der Waals surface area contributed by atoms with Gasteiger partial charge in [-0.2, -0.15) is 0 Å². The average Bonchev–Trinajstić information content (AvgIpc) is 2.46. The van der Waals surface area contributed by atoms with Gasteiger partial charge in [-0.3, -0.25) is 4.79 Å². The summed E-state index contributed by atoms with van der Waals surface area (Å²) in [5, 5.41) is 11.8. The lowest BCUT2D eigenvalue weighted by Crippen LogP contribution is -2.45. The highest BCUT2D eigenvalue weighted by Gasteiger charge is 2.26. The Bertz CT molecular complexity index is 336. The lowest BCUT2D eigenvalue weighted by Gasteiger charge is -2.33. The molecule has 0 radical (unpaired) electrons. The van der Waals surface area contributed by atoms with Gasteiger partial charge in [0, 0.05) is 26.2 Å². The van der Waals surface area contributed by atoms with E-state index in [1.165, 1.54) is 0 Å². The maximum atomic E-state index is 12.1. The first-order valence-electron chi connectivity index (χ1n) is 7.08. The Balaban J connectivity index is 1.67. The van der Waals surface area contributed by atoms with Crippen LogP contribution in [0.5, 0.6) is 0 Å². The number of likely N-dealkylation sites (tertiary alicyclic amines) is 1. The Labute approximate surface area is 118 Å². The molecule has 7 heteroatoms. The minimum absolute atomic E-state index is 0.0303. The lowest BCUT2D eigenvalue weighted by molar-refractivity contribution is -0.147. The maximum Gasteiger partial charge on any atom is 0.329 e. The summed E-state index contributed by atoms with van der Waals surface area (Å²) in [7, 11) is 0. The first kappa shape index (κ1) is 15.2. The van der Waals surface area contributed by atoms with Gasteiger partial charge in [0.05, 0.1) is 25.2 Å². The van der Waals surface area contributed by atoms with Gasteiger partial charge in [0.25, 0.3) is 0 Å². The number of hydrogen-bond acceptors (Lipinski definition) is 5. The van der Waals surface area contributed by atoms with Crippen molar-refractivity contribution in [2.45, 2.75) is 31.5 Å². The number of aliphatic carboxylic acids is 1. The fourth-order valence-corrected chi connectivity index (χ4v) is 2.54. The monoisotopic (exact) mass is 286 g/mol. The molecule has 20 heavy (non-hydrogen) atoms. The van der Waals surface area contributed by atoms with Crippen molar-refractivity contribution >= 4 is 11.9 Å². The predicted octanol–water partition coefficient (Wildman–Crippen LogP) is -0.543. The molecule has 0 saturated carbocycles. The zero-order valence-corrected chi connectivity index (χ0v) is 11.5. The standard InChI is InChI=1S/C13H22N2O5/c16-12(7-11-8-14-3-6-19-11)15-4-1-10(2-5-15)20-9-13(17)18/h10-11,14H,1-9H2,(H,17,18). The number of carboxylic acid groups (broad SMARTS) is 1. The van der Waals surface area contributed by atoms with Crippen LogP contribution in [0, 0.1) is 0 Å². The molecule has 2 aliphatic rings. The van der Waals surface area contributed by atoms with Crippen LogP contribution in [0.25, 0.3) is 0 Å². The van der Waals surface area contributed by atoms with Crippen LogP contribution in [-0.4, -0.2) is 73.5 Å². The van der Waals surface area contributed by atoms with Crippen molar-refractivity contribution in [1.29, 1.82) is 0 Å². The fourth-order valence-electron chi connectivity index (χ4n) is 2.54. The second kappa shape index (κ2) is 7.56. The average molecular weight is 286 g/mol. The number of rotatable bonds is 5. The number of nitrogens with one attached hydrogen (secondary N) is 1. The van der Waals surface area contributed by atoms with E-state index in [1.807, 2.05) is 4.90 Å². The molecule has 2 aliphatic heterocycles. The van der Waals surface area contributed by atoms with Crippen molar-refractivity contribution in [3.8, 4) is 0 Å². The van der Waals surface area contributed by atoms with Crippen LogP contribution < -0.4 is 5.32 Å². The van der Waals surface area contributed by atoms with Crippen LogP contribution >= 0.6 is 0 Å². The molecule has 2 rings (SSSR count). The van der Waals surface area contributed by atoms with Crippen molar-refractivity contribution in [1.82, 2.24) is 10.2 Å². The number of amides is 1. The highest BCUT2D eigenvalue weighted by atomic mass is 16.5. The van der Waals surface area contributed by atoms with Crippen molar-refractivity contribution in [3.63, 3.8) is 0 Å². The van der Waals surface area contributed by atoms with Gasteiger partial charge in [0.1, 0.15) is 6.61 Å². The smallest absolute Gasteiger partial charge is 0.329 e. The molecular weight excluding hydrogens is 264 g/mol. The van der Waals surface area contributed by atoms with Crippen LogP contribution in [0.4, 0.5) is 0 Å². The molecule has 0 aromatic carbocycles. The fraction of sp³-hybridized carbons (Fsp3) is 0.846. The van der Waals surface area contributed by atoms with Crippen molar-refractivity contribution in [2.75, 3.05) is 39.4 Å². The summed E-state index contributed by atoms with van der Waals surface area (Å²) in [6.45, 7) is 3.22. The number of hydrogen-bond donors (Lipinski definition) is 2. The number of piperidine rings is 1. The van der Waals surface area contributed by atoms with Crippen molar-refractivity contribution in [3.05, 3.63) is 0 Å². The summed E-state index contributed by atoms with van der Waals surface area (Å²) in [6, 6.07) is 0. The molecule has 2 saturated heterocycles. The van der Waals surface area contributed by atoms with E-state index >= 15 is 0 Å². The van der Waals surface area contributed by atoms with Gasteiger partial charge < -0.3 is 24.8 Å². The van der Waals surface area contributed by atoms with Crippen LogP contribution in [0.2, 0.25) is 0 Å². The highest BCUT2D eigenvalue weighted by Crippen LogP contribution is 2.15. The number of carbonyl (C=O) groups is 2. The Morgan fingerprint density at radius 2 is 2.10 bits per heavy atom. The predicted molar refractivity (Wildman–Crippen MR) is 70.4 cm³/mol. The van der Waals surface area contributed by atoms with E-state index in [4.69, 9.17) is 14.6 Å². The summed E-state index contributed by atoms with van der Waals surface area (Å²) >= 11 is 0. The largest absolute Gasteiger partial charge is 0.480 e. The molecule has 2 N–H and O–H groups in total. The first-order valence-corrected chi connectivity index (χ1v) is 7.08. The van der Waals surface area contributed by atoms with Crippen molar-refractivity contribution in [2.24, 2.45) is 0 Å². The third kappa shape index (κ3) is 4.73. The lowest BCUT2D eigenvalue weighted by atomic mass is 10.1. The number of morpholine rings is 1. The maximum absolute atomic E-state index is 12.1. The second-order valence-corrected chi connectivity index (χ2v) is 5.19. The van der Waals surface area contributed by atoms with Crippen LogP contribution in [0.15, 0.2) is 0 Å². The van der Waals surface area contributed by atoms with E-state index in [2.05, 4.69) is 5.32 Å². The van der Waals surface area contributed by atoms with Gasteiger partial charge in [-0.05, 0) is 12.8 Å². The van der Waals surface area contributed by atoms with Gasteiger partial charge in [0.2, 0.25) is 5.91 Å². The minimum atomic E-state index is -0.953. The molecule has 0 spiro atoms. The van der Waals surface area contributed by atoms with Crippen LogP contribution in [-0.2, 0) is 19.1 Å². The molecule has 7 nitrogen and oxygen atoms in total. The van der Waals surface area contributed by atoms with E-state index in [-0.39, 0.29) is 24.7 Å². The zero-order valence-electron chi connectivity index (χ0n) is 11.5. The molecule has 1 amide bonds. The van der Waals surface area contributed by atoms with Crippen LogP contribution in [0.1, 0.15) is 19.3 Å². The highest BCUT2D eigenvalue weighted by molar-refractivity contribution is 5.76. The molecule has 0 aromatic rings. The summed E-state index contributed by atoms with van der Waals surface area (Å²) in [4.78, 5) is 24.4. The normalized spacial score (nSPS) is 24.6. The third-order valence-corrected chi connectivity index (χ3v) is 3.64. The van der Waals surface area contributed by atoms with Gasteiger partial charge in [-0.1, -0.05) is 0 Å². The van der Waals surface area contributed by atoms with Gasteiger partial charge >= 0.3 is 5.97 Å². The zero-order chi connectivity index (χ0) is 14.4. The summed E-state index contributed by atoms with van der Waals surface area (Å²) in [5.74, 6) is -0.846. The van der Waals surface area contributed by atoms with E-state index in [9.17, 15) is 9.59 Å². The molecule has 2 fully saturated rings. The van der Waals surface area contributed by atoms with E-state index < -0.39 is 5.97 Å². The molecule has 1 unspecified atom stereocenters. The van der Waals surface area contributed by atoms with E-state index in [0.29, 0.717) is 39.0 Å². The topological polar surface area (TPSA) is 88.1 Å². The molecule has 0 aromatic heterocycles. The molecule has 0 bridgehead atoms. The number of carbonyl (C=O) groups excluding carboxylic acids is 1. The summed E-state index contributed by atoms with van der Waals surface area (Å²) < 4.78 is 10.8. The van der Waals surface area contributed by atoms with Gasteiger partial charge in [-0.15, -0.1) is 0 Å². The Kier molecular flexibility index (Phi) is 5.75. The van der Waals surface area contributed by atoms with Gasteiger partial charge in [-0.25, -0.2) is 4.79 Å². The Morgan fingerprint density at radius 1 is 1.35 bits per heavy atom. The van der Waals surface area contributed by atoms with Gasteiger partial charge in [0.15, 0.2) is 0 Å². The number of nitrogens with zero attached hydrogens (tertiary/aromatic N) is 1. The number of carboxylic acids is 1. The minimum Gasteiger partial charge on any atom is -0.480 e. The Morgan fingerprint density at radius 3 is 2.70 bits per heavy atom. The molecule has 114 valence electrons. The molecule has 0 aliphatic carbocycles. The van der Waals surface area contributed by atoms with Crippen LogP contribution in [0.3, 0.4) is 0 Å². The molecule has 2 heterocycles. The van der Waals surface area contributed by atoms with Crippen molar-refractivity contribution < 1.29 is 24.2 Å². The van der Waals surface area contributed by atoms with E-state index in [0.717, 1.165) is 13.1 Å². The van der Waals surface area contributed by atoms with E-state index in [1.54, 1.807) is 0 Å². The summed E-state index contributed by atoms with van der Waals surface area (Å²) in [5.41, 5.74) is 0. The SMILES string of the molecule is O=C(O)COC1CCN(C(=O)CC2CNCCO2)CC1.